The lowest BCUT2D eigenvalue weighted by molar-refractivity contribution is -0.133. The second-order valence-electron chi connectivity index (χ2n) is 4.97. The number of hydrogen-bond donors (Lipinski definition) is 3. The van der Waals surface area contributed by atoms with Crippen LogP contribution < -0.4 is 20.1 Å². The molecule has 0 aliphatic rings. The van der Waals surface area contributed by atoms with Crippen LogP contribution in [0.3, 0.4) is 0 Å². The molecule has 0 unspecified atom stereocenters. The van der Waals surface area contributed by atoms with Crippen LogP contribution in [0.2, 0.25) is 0 Å². The van der Waals surface area contributed by atoms with Crippen LogP contribution in [-0.4, -0.2) is 31.1 Å². The molecule has 7 heteroatoms. The molecular formula is C17H18N2O5. The van der Waals surface area contributed by atoms with Crippen molar-refractivity contribution in [2.24, 2.45) is 0 Å². The molecule has 0 bridgehead atoms. The summed E-state index contributed by atoms with van der Waals surface area (Å²) < 4.78 is 10.2. The van der Waals surface area contributed by atoms with Crippen LogP contribution in [0.25, 0.3) is 0 Å². The molecular weight excluding hydrogens is 312 g/mol. The van der Waals surface area contributed by atoms with E-state index in [-0.39, 0.29) is 5.75 Å². The number of methoxy groups -OCH3 is 2. The van der Waals surface area contributed by atoms with Crippen LogP contribution in [0.15, 0.2) is 36.4 Å². The Labute approximate surface area is 139 Å². The van der Waals surface area contributed by atoms with Crippen LogP contribution in [0.5, 0.6) is 17.2 Å². The van der Waals surface area contributed by atoms with E-state index in [1.54, 1.807) is 25.1 Å². The maximum absolute atomic E-state index is 12.1. The van der Waals surface area contributed by atoms with Gasteiger partial charge in [0.15, 0.2) is 0 Å². The van der Waals surface area contributed by atoms with Crippen molar-refractivity contribution in [3.8, 4) is 17.2 Å². The lowest BCUT2D eigenvalue weighted by Crippen LogP contribution is -2.29. The van der Waals surface area contributed by atoms with Gasteiger partial charge in [0.25, 0.3) is 0 Å². The fourth-order valence-corrected chi connectivity index (χ4v) is 2.05. The van der Waals surface area contributed by atoms with Gasteiger partial charge in [0.05, 0.1) is 19.9 Å². The van der Waals surface area contributed by atoms with Crippen LogP contribution >= 0.6 is 0 Å². The van der Waals surface area contributed by atoms with E-state index in [0.717, 1.165) is 0 Å². The van der Waals surface area contributed by atoms with Gasteiger partial charge in [-0.1, -0.05) is 0 Å². The average molecular weight is 330 g/mol. The standard InChI is InChI=1S/C17H18N2O5/c1-10-8-11(20)4-6-13(10)18-16(21)17(22)19-14-7-5-12(23-2)9-15(14)24-3/h4-9,20H,1-3H3,(H,18,21)(H,19,22). The smallest absolute Gasteiger partial charge is 0.314 e. The molecule has 0 atom stereocenters. The second-order valence-corrected chi connectivity index (χ2v) is 4.97. The number of phenols is 1. The fraction of sp³-hybridized carbons (Fsp3) is 0.176. The number of hydrogen-bond acceptors (Lipinski definition) is 5. The Bertz CT molecular complexity index is 774. The third-order valence-corrected chi connectivity index (χ3v) is 3.32. The number of aryl methyl sites for hydroxylation is 1. The number of rotatable bonds is 4. The molecule has 3 N–H and O–H groups in total. The number of phenolic OH excluding ortho intramolecular Hbond substituents is 1. The molecule has 0 fully saturated rings. The summed E-state index contributed by atoms with van der Waals surface area (Å²) in [5.41, 5.74) is 1.42. The average Bonchev–Trinajstić information content (AvgIpc) is 2.57. The molecule has 0 aliphatic carbocycles. The molecule has 2 aromatic rings. The minimum Gasteiger partial charge on any atom is -0.508 e. The first-order valence-electron chi connectivity index (χ1n) is 7.08. The van der Waals surface area contributed by atoms with E-state index in [0.29, 0.717) is 28.4 Å². The number of carbonyl (C=O) groups excluding carboxylic acids is 2. The Morgan fingerprint density at radius 1 is 0.917 bits per heavy atom. The summed E-state index contributed by atoms with van der Waals surface area (Å²) in [5.74, 6) is -0.657. The predicted molar refractivity (Wildman–Crippen MR) is 89.6 cm³/mol. The molecule has 126 valence electrons. The van der Waals surface area contributed by atoms with Gasteiger partial charge in [-0.2, -0.15) is 0 Å². The highest BCUT2D eigenvalue weighted by molar-refractivity contribution is 6.43. The summed E-state index contributed by atoms with van der Waals surface area (Å²) in [6, 6.07) is 9.24. The van der Waals surface area contributed by atoms with E-state index in [4.69, 9.17) is 9.47 Å². The topological polar surface area (TPSA) is 96.9 Å². The Kier molecular flexibility index (Phi) is 5.26. The number of anilines is 2. The van der Waals surface area contributed by atoms with E-state index in [1.807, 2.05) is 0 Å². The SMILES string of the molecule is COc1ccc(NC(=O)C(=O)Nc2ccc(O)cc2C)c(OC)c1. The lowest BCUT2D eigenvalue weighted by Gasteiger charge is -2.12. The zero-order valence-electron chi connectivity index (χ0n) is 13.5. The van der Waals surface area contributed by atoms with Crippen molar-refractivity contribution < 1.29 is 24.2 Å². The van der Waals surface area contributed by atoms with E-state index in [9.17, 15) is 14.7 Å². The van der Waals surface area contributed by atoms with Gasteiger partial charge >= 0.3 is 11.8 Å². The van der Waals surface area contributed by atoms with Crippen molar-refractivity contribution in [3.63, 3.8) is 0 Å². The first kappa shape index (κ1) is 17.1. The third kappa shape index (κ3) is 3.95. The van der Waals surface area contributed by atoms with Crippen LogP contribution in [0.4, 0.5) is 11.4 Å². The summed E-state index contributed by atoms with van der Waals surface area (Å²) in [5, 5.41) is 14.3. The first-order chi connectivity index (χ1) is 11.4. The van der Waals surface area contributed by atoms with Crippen molar-refractivity contribution in [1.82, 2.24) is 0 Å². The molecule has 7 nitrogen and oxygen atoms in total. The predicted octanol–water partition coefficient (Wildman–Crippen LogP) is 2.30. The third-order valence-electron chi connectivity index (χ3n) is 3.32. The number of aromatic hydroxyl groups is 1. The molecule has 0 heterocycles. The summed E-state index contributed by atoms with van der Waals surface area (Å²) in [7, 11) is 2.96. The molecule has 0 radical (unpaired) electrons. The summed E-state index contributed by atoms with van der Waals surface area (Å²) >= 11 is 0. The Morgan fingerprint density at radius 2 is 1.54 bits per heavy atom. The zero-order valence-corrected chi connectivity index (χ0v) is 13.5. The van der Waals surface area contributed by atoms with Gasteiger partial charge in [-0.25, -0.2) is 0 Å². The van der Waals surface area contributed by atoms with Crippen LogP contribution in [-0.2, 0) is 9.59 Å². The van der Waals surface area contributed by atoms with Gasteiger partial charge in [0, 0.05) is 11.8 Å². The van der Waals surface area contributed by atoms with E-state index < -0.39 is 11.8 Å². The fourth-order valence-electron chi connectivity index (χ4n) is 2.05. The van der Waals surface area contributed by atoms with Gasteiger partial charge in [-0.05, 0) is 42.8 Å². The number of amides is 2. The van der Waals surface area contributed by atoms with Crippen molar-refractivity contribution in [3.05, 3.63) is 42.0 Å². The normalized spacial score (nSPS) is 9.96. The van der Waals surface area contributed by atoms with Crippen LogP contribution in [0.1, 0.15) is 5.56 Å². The number of carbonyl (C=O) groups is 2. The Balaban J connectivity index is 2.10. The van der Waals surface area contributed by atoms with Crippen molar-refractivity contribution >= 4 is 23.2 Å². The molecule has 24 heavy (non-hydrogen) atoms. The highest BCUT2D eigenvalue weighted by atomic mass is 16.5. The van der Waals surface area contributed by atoms with E-state index >= 15 is 0 Å². The quantitative estimate of drug-likeness (QED) is 0.590. The molecule has 0 saturated carbocycles. The van der Waals surface area contributed by atoms with Gasteiger partial charge in [0.2, 0.25) is 0 Å². The maximum Gasteiger partial charge on any atom is 0.314 e. The summed E-state index contributed by atoms with van der Waals surface area (Å²) in [4.78, 5) is 24.1. The Hall–Kier alpha value is -3.22. The molecule has 0 saturated heterocycles. The minimum atomic E-state index is -0.842. The molecule has 2 aromatic carbocycles. The Morgan fingerprint density at radius 3 is 2.12 bits per heavy atom. The van der Waals surface area contributed by atoms with Crippen molar-refractivity contribution in [2.75, 3.05) is 24.9 Å². The molecule has 0 spiro atoms. The van der Waals surface area contributed by atoms with Gasteiger partial charge in [-0.15, -0.1) is 0 Å². The van der Waals surface area contributed by atoms with Gasteiger partial charge in [0.1, 0.15) is 17.2 Å². The zero-order chi connectivity index (χ0) is 17.7. The minimum absolute atomic E-state index is 0.0814. The van der Waals surface area contributed by atoms with E-state index in [2.05, 4.69) is 10.6 Å². The van der Waals surface area contributed by atoms with Crippen LogP contribution in [0, 0.1) is 6.92 Å². The largest absolute Gasteiger partial charge is 0.508 e. The molecule has 0 aromatic heterocycles. The van der Waals surface area contributed by atoms with Crippen molar-refractivity contribution in [2.45, 2.75) is 6.92 Å². The van der Waals surface area contributed by atoms with Gasteiger partial charge in [-0.3, -0.25) is 9.59 Å². The monoisotopic (exact) mass is 330 g/mol. The van der Waals surface area contributed by atoms with Crippen molar-refractivity contribution in [1.29, 1.82) is 0 Å². The number of ether oxygens (including phenoxy) is 2. The summed E-state index contributed by atoms with van der Waals surface area (Å²) in [6.07, 6.45) is 0. The molecule has 0 aliphatic heterocycles. The molecule has 2 rings (SSSR count). The molecule has 2 amide bonds. The van der Waals surface area contributed by atoms with Gasteiger partial charge < -0.3 is 25.2 Å². The highest BCUT2D eigenvalue weighted by Gasteiger charge is 2.17. The maximum atomic E-state index is 12.1. The number of nitrogens with one attached hydrogen (secondary N) is 2. The highest BCUT2D eigenvalue weighted by Crippen LogP contribution is 2.29. The number of benzene rings is 2. The second kappa shape index (κ2) is 7.36. The van der Waals surface area contributed by atoms with E-state index in [1.165, 1.54) is 32.4 Å². The first-order valence-corrected chi connectivity index (χ1v) is 7.08. The lowest BCUT2D eigenvalue weighted by atomic mass is 10.2. The summed E-state index contributed by atoms with van der Waals surface area (Å²) in [6.45, 7) is 1.71.